The smallest absolute Gasteiger partial charge is 0.194 e. The average molecular weight is 309 g/mol. The van der Waals surface area contributed by atoms with Crippen molar-refractivity contribution >= 4 is 0 Å². The zero-order valence-electron chi connectivity index (χ0n) is 12.5. The molecule has 0 saturated heterocycles. The number of hydrogen-bond acceptors (Lipinski definition) is 2. The molecule has 0 heterocycles. The topological polar surface area (TPSA) is 32.3 Å². The van der Waals surface area contributed by atoms with E-state index in [0.717, 1.165) is 23.3 Å². The lowest BCUT2D eigenvalue weighted by molar-refractivity contribution is 0.242. The van der Waals surface area contributed by atoms with Crippen LogP contribution in [0.1, 0.15) is 28.3 Å². The lowest BCUT2D eigenvalue weighted by Crippen LogP contribution is -2.24. The van der Waals surface area contributed by atoms with E-state index in [0.29, 0.717) is 6.54 Å². The molecule has 22 heavy (non-hydrogen) atoms. The molecule has 0 saturated carbocycles. The van der Waals surface area contributed by atoms with E-state index in [1.54, 1.807) is 0 Å². The highest BCUT2D eigenvalue weighted by molar-refractivity contribution is 5.30. The average Bonchev–Trinajstić information content (AvgIpc) is 2.48. The van der Waals surface area contributed by atoms with Gasteiger partial charge in [-0.1, -0.05) is 18.2 Å². The number of nitrogens with one attached hydrogen (secondary N) is 1. The molecule has 0 aliphatic rings. The first-order valence-corrected chi connectivity index (χ1v) is 6.97. The molecule has 5 heteroatoms. The molecular formula is C17H18F3NO. The Morgan fingerprint density at radius 1 is 1.00 bits per heavy atom. The third kappa shape index (κ3) is 3.67. The van der Waals surface area contributed by atoms with E-state index in [1.165, 1.54) is 5.56 Å². The Hall–Kier alpha value is -1.85. The van der Waals surface area contributed by atoms with Crippen LogP contribution in [-0.2, 0) is 6.54 Å². The van der Waals surface area contributed by atoms with Crippen molar-refractivity contribution in [1.29, 1.82) is 0 Å². The van der Waals surface area contributed by atoms with E-state index in [4.69, 9.17) is 0 Å². The summed E-state index contributed by atoms with van der Waals surface area (Å²) in [6.07, 6.45) is 0. The summed E-state index contributed by atoms with van der Waals surface area (Å²) in [6, 6.07) is 7.04. The molecule has 0 fully saturated rings. The van der Waals surface area contributed by atoms with Gasteiger partial charge in [-0.2, -0.15) is 0 Å². The monoisotopic (exact) mass is 309 g/mol. The molecule has 118 valence electrons. The highest BCUT2D eigenvalue weighted by Crippen LogP contribution is 2.20. The third-order valence-corrected chi connectivity index (χ3v) is 3.71. The molecule has 0 radical (unpaired) electrons. The predicted octanol–water partition coefficient (Wildman–Crippen LogP) is 3.54. The van der Waals surface area contributed by atoms with Crippen molar-refractivity contribution in [3.63, 3.8) is 0 Å². The van der Waals surface area contributed by atoms with Gasteiger partial charge in [-0.3, -0.25) is 0 Å². The maximum absolute atomic E-state index is 13.3. The van der Waals surface area contributed by atoms with Gasteiger partial charge in [0.1, 0.15) is 0 Å². The normalized spacial score (nSPS) is 12.5. The van der Waals surface area contributed by atoms with Gasteiger partial charge in [-0.25, -0.2) is 13.2 Å². The summed E-state index contributed by atoms with van der Waals surface area (Å²) in [5.41, 5.74) is 3.47. The summed E-state index contributed by atoms with van der Waals surface area (Å²) in [6.45, 7) is 4.07. The molecule has 0 aliphatic heterocycles. The standard InChI is InChI=1S/C17H18F3NO/c1-10-3-4-12(5-11(10)2)8-21-16(9-22)13-6-14(18)17(20)15(19)7-13/h3-7,16,21-22H,8-9H2,1-2H3. The molecule has 0 aliphatic carbocycles. The van der Waals surface area contributed by atoms with Gasteiger partial charge in [0.15, 0.2) is 17.5 Å². The van der Waals surface area contributed by atoms with Gasteiger partial charge >= 0.3 is 0 Å². The molecular weight excluding hydrogens is 291 g/mol. The number of halogens is 3. The van der Waals surface area contributed by atoms with E-state index in [9.17, 15) is 18.3 Å². The Morgan fingerprint density at radius 3 is 2.18 bits per heavy atom. The highest BCUT2D eigenvalue weighted by Gasteiger charge is 2.16. The van der Waals surface area contributed by atoms with Gasteiger partial charge in [0.2, 0.25) is 0 Å². The number of aliphatic hydroxyl groups is 1. The first-order chi connectivity index (χ1) is 10.4. The molecule has 0 spiro atoms. The molecule has 0 aromatic heterocycles. The van der Waals surface area contributed by atoms with E-state index in [1.807, 2.05) is 32.0 Å². The van der Waals surface area contributed by atoms with Crippen molar-refractivity contribution in [2.75, 3.05) is 6.61 Å². The van der Waals surface area contributed by atoms with Crippen molar-refractivity contribution in [2.45, 2.75) is 26.4 Å². The minimum atomic E-state index is -1.51. The van der Waals surface area contributed by atoms with Crippen LogP contribution in [-0.4, -0.2) is 11.7 Å². The second-order valence-corrected chi connectivity index (χ2v) is 5.33. The van der Waals surface area contributed by atoms with Crippen LogP contribution in [0.2, 0.25) is 0 Å². The Bertz CT molecular complexity index is 650. The minimum Gasteiger partial charge on any atom is -0.394 e. The van der Waals surface area contributed by atoms with Crippen LogP contribution in [0.4, 0.5) is 13.2 Å². The van der Waals surface area contributed by atoms with Gasteiger partial charge in [0.05, 0.1) is 12.6 Å². The number of benzene rings is 2. The molecule has 2 nitrogen and oxygen atoms in total. The summed E-state index contributed by atoms with van der Waals surface area (Å²) >= 11 is 0. The van der Waals surface area contributed by atoms with Crippen LogP contribution < -0.4 is 5.32 Å². The molecule has 2 aromatic rings. The summed E-state index contributed by atoms with van der Waals surface area (Å²) in [5, 5.41) is 12.4. The van der Waals surface area contributed by atoms with Crippen LogP contribution in [0.5, 0.6) is 0 Å². The Morgan fingerprint density at radius 2 is 1.64 bits per heavy atom. The largest absolute Gasteiger partial charge is 0.394 e. The molecule has 2 aromatic carbocycles. The van der Waals surface area contributed by atoms with Crippen LogP contribution in [0.25, 0.3) is 0 Å². The molecule has 1 unspecified atom stereocenters. The van der Waals surface area contributed by atoms with E-state index >= 15 is 0 Å². The molecule has 0 amide bonds. The van der Waals surface area contributed by atoms with Gasteiger partial charge in [-0.15, -0.1) is 0 Å². The Labute approximate surface area is 127 Å². The SMILES string of the molecule is Cc1ccc(CNC(CO)c2cc(F)c(F)c(F)c2)cc1C. The van der Waals surface area contributed by atoms with Gasteiger partial charge in [-0.05, 0) is 48.2 Å². The van der Waals surface area contributed by atoms with Crippen LogP contribution in [0.15, 0.2) is 30.3 Å². The quantitative estimate of drug-likeness (QED) is 0.828. The fourth-order valence-electron chi connectivity index (χ4n) is 2.22. The number of aryl methyl sites for hydroxylation is 2. The fourth-order valence-corrected chi connectivity index (χ4v) is 2.22. The third-order valence-electron chi connectivity index (χ3n) is 3.71. The Kier molecular flexibility index (Phi) is 5.21. The lowest BCUT2D eigenvalue weighted by atomic mass is 10.0. The maximum atomic E-state index is 13.3. The van der Waals surface area contributed by atoms with Crippen LogP contribution >= 0.6 is 0 Å². The van der Waals surface area contributed by atoms with Gasteiger partial charge in [0, 0.05) is 6.54 Å². The zero-order valence-corrected chi connectivity index (χ0v) is 12.5. The second-order valence-electron chi connectivity index (χ2n) is 5.33. The van der Waals surface area contributed by atoms with Crippen LogP contribution in [0.3, 0.4) is 0 Å². The fraction of sp³-hybridized carbons (Fsp3) is 0.294. The molecule has 1 atom stereocenters. The second kappa shape index (κ2) is 6.94. The van der Waals surface area contributed by atoms with E-state index < -0.39 is 23.5 Å². The number of hydrogen-bond donors (Lipinski definition) is 2. The summed E-state index contributed by atoms with van der Waals surface area (Å²) < 4.78 is 39.5. The summed E-state index contributed by atoms with van der Waals surface area (Å²) in [4.78, 5) is 0. The first kappa shape index (κ1) is 16.5. The van der Waals surface area contributed by atoms with Crippen molar-refractivity contribution in [3.05, 3.63) is 70.0 Å². The van der Waals surface area contributed by atoms with Crippen molar-refractivity contribution in [1.82, 2.24) is 5.32 Å². The van der Waals surface area contributed by atoms with Crippen LogP contribution in [0, 0.1) is 31.3 Å². The Balaban J connectivity index is 2.14. The maximum Gasteiger partial charge on any atom is 0.194 e. The summed E-state index contributed by atoms with van der Waals surface area (Å²) in [5.74, 6) is -4.03. The first-order valence-electron chi connectivity index (χ1n) is 6.97. The highest BCUT2D eigenvalue weighted by atomic mass is 19.2. The molecule has 2 N–H and O–H groups in total. The minimum absolute atomic E-state index is 0.169. The lowest BCUT2D eigenvalue weighted by Gasteiger charge is -2.17. The van der Waals surface area contributed by atoms with Crippen molar-refractivity contribution < 1.29 is 18.3 Å². The van der Waals surface area contributed by atoms with Gasteiger partial charge in [0.25, 0.3) is 0 Å². The molecule has 0 bridgehead atoms. The van der Waals surface area contributed by atoms with Gasteiger partial charge < -0.3 is 10.4 Å². The number of rotatable bonds is 5. The molecule has 2 rings (SSSR count). The summed E-state index contributed by atoms with van der Waals surface area (Å²) in [7, 11) is 0. The zero-order chi connectivity index (χ0) is 16.3. The van der Waals surface area contributed by atoms with Crippen molar-refractivity contribution in [2.24, 2.45) is 0 Å². The number of aliphatic hydroxyl groups excluding tert-OH is 1. The van der Waals surface area contributed by atoms with Crippen molar-refractivity contribution in [3.8, 4) is 0 Å². The van der Waals surface area contributed by atoms with E-state index in [-0.39, 0.29) is 12.2 Å². The van der Waals surface area contributed by atoms with E-state index in [2.05, 4.69) is 5.32 Å². The predicted molar refractivity (Wildman–Crippen MR) is 78.9 cm³/mol.